The van der Waals surface area contributed by atoms with Gasteiger partial charge in [0.05, 0.1) is 27.4 Å². The van der Waals surface area contributed by atoms with Crippen molar-refractivity contribution in [1.29, 1.82) is 0 Å². The van der Waals surface area contributed by atoms with Crippen LogP contribution in [-0.4, -0.2) is 56.2 Å². The first-order chi connectivity index (χ1) is 17.5. The fraction of sp³-hybridized carbons (Fsp3) is 0.423. The second-order valence-electron chi connectivity index (χ2n) is 8.55. The topological polar surface area (TPSA) is 92.1 Å². The van der Waals surface area contributed by atoms with Gasteiger partial charge < -0.3 is 18.9 Å². The van der Waals surface area contributed by atoms with Crippen LogP contribution in [0.3, 0.4) is 0 Å². The maximum absolute atomic E-state index is 13.7. The van der Waals surface area contributed by atoms with Gasteiger partial charge in [0.25, 0.3) is 10.0 Å². The molecule has 0 radical (unpaired) electrons. The Kier molecular flexibility index (Phi) is 8.98. The maximum atomic E-state index is 13.7. The fourth-order valence-corrected chi connectivity index (χ4v) is 5.30. The Morgan fingerprint density at radius 3 is 2.08 bits per heavy atom. The number of ether oxygens (including phenoxy) is 4. The van der Waals surface area contributed by atoms with Gasteiger partial charge in [-0.1, -0.05) is 24.3 Å². The number of hydrogen-bond acceptors (Lipinski definition) is 7. The van der Waals surface area contributed by atoms with Crippen molar-refractivity contribution in [1.82, 2.24) is 14.1 Å². The van der Waals surface area contributed by atoms with E-state index in [2.05, 4.69) is 5.10 Å². The first-order valence-electron chi connectivity index (χ1n) is 12.0. The summed E-state index contributed by atoms with van der Waals surface area (Å²) in [6, 6.07) is 16.2. The van der Waals surface area contributed by atoms with Crippen LogP contribution in [0.4, 0.5) is 0 Å². The number of methoxy groups -OCH3 is 2. The molecule has 2 aromatic carbocycles. The van der Waals surface area contributed by atoms with Gasteiger partial charge in [0.2, 0.25) is 0 Å². The molecule has 1 unspecified atom stereocenters. The molecule has 1 saturated heterocycles. The second kappa shape index (κ2) is 12.4. The lowest BCUT2D eigenvalue weighted by Crippen LogP contribution is -2.30. The minimum absolute atomic E-state index is 0.00144. The van der Waals surface area contributed by atoms with Crippen molar-refractivity contribution < 1.29 is 27.4 Å². The Hall–Kier alpha value is -2.92. The van der Waals surface area contributed by atoms with Crippen molar-refractivity contribution in [2.24, 2.45) is 0 Å². The van der Waals surface area contributed by atoms with E-state index in [9.17, 15) is 8.42 Å². The van der Waals surface area contributed by atoms with Crippen LogP contribution in [0.1, 0.15) is 30.4 Å². The van der Waals surface area contributed by atoms with Crippen molar-refractivity contribution in [3.8, 4) is 11.5 Å². The summed E-state index contributed by atoms with van der Waals surface area (Å²) in [7, 11) is -0.688. The molecule has 1 fully saturated rings. The Labute approximate surface area is 212 Å². The molecule has 1 atom stereocenters. The van der Waals surface area contributed by atoms with Gasteiger partial charge >= 0.3 is 0 Å². The number of rotatable bonds is 12. The molecule has 194 valence electrons. The Balaban J connectivity index is 1.49. The molecule has 9 nitrogen and oxygen atoms in total. The summed E-state index contributed by atoms with van der Waals surface area (Å²) < 4.78 is 52.2. The number of hydrogen-bond donors (Lipinski definition) is 0. The molecule has 0 saturated carbocycles. The van der Waals surface area contributed by atoms with Gasteiger partial charge in [0.15, 0.2) is 11.3 Å². The van der Waals surface area contributed by atoms with Crippen LogP contribution in [0.5, 0.6) is 11.5 Å². The molecular weight excluding hydrogens is 482 g/mol. The van der Waals surface area contributed by atoms with Crippen LogP contribution >= 0.6 is 0 Å². The van der Waals surface area contributed by atoms with Gasteiger partial charge in [0.1, 0.15) is 11.5 Å². The Morgan fingerprint density at radius 1 is 0.944 bits per heavy atom. The van der Waals surface area contributed by atoms with Gasteiger partial charge in [-0.05, 0) is 60.7 Å². The molecule has 10 heteroatoms. The van der Waals surface area contributed by atoms with E-state index in [-0.39, 0.29) is 24.4 Å². The zero-order valence-electron chi connectivity index (χ0n) is 20.7. The summed E-state index contributed by atoms with van der Waals surface area (Å²) in [6.07, 6.45) is 4.50. The lowest BCUT2D eigenvalue weighted by Gasteiger charge is -2.22. The maximum Gasteiger partial charge on any atom is 0.262 e. The van der Waals surface area contributed by atoms with E-state index in [1.54, 1.807) is 25.1 Å². The molecule has 0 bridgehead atoms. The van der Waals surface area contributed by atoms with Crippen LogP contribution in [-0.2, 0) is 39.1 Å². The van der Waals surface area contributed by atoms with Crippen LogP contribution in [0.2, 0.25) is 0 Å². The van der Waals surface area contributed by atoms with Crippen LogP contribution in [0, 0.1) is 0 Å². The van der Waals surface area contributed by atoms with E-state index >= 15 is 0 Å². The van der Waals surface area contributed by atoms with Gasteiger partial charge in [0, 0.05) is 25.9 Å². The minimum Gasteiger partial charge on any atom is -0.497 e. The SMILES string of the molecule is COc1ccc(CN(Cc2ccc(OC)cc2)S(=O)(=O)c2ccn(CCOC3CCCCO3)n2)cc1. The molecule has 0 aliphatic carbocycles. The fourth-order valence-electron chi connectivity index (χ4n) is 3.95. The van der Waals surface area contributed by atoms with Crippen LogP contribution in [0.25, 0.3) is 0 Å². The standard InChI is InChI=1S/C26H33N3O6S/c1-32-23-10-6-21(7-11-23)19-29(20-22-8-12-24(33-2)13-9-22)36(30,31)25-14-15-28(27-25)16-18-35-26-5-3-4-17-34-26/h6-15,26H,3-5,16-20H2,1-2H3. The average molecular weight is 516 g/mol. The van der Waals surface area contributed by atoms with Gasteiger partial charge in [-0.15, -0.1) is 0 Å². The average Bonchev–Trinajstić information content (AvgIpc) is 3.40. The highest BCUT2D eigenvalue weighted by Crippen LogP contribution is 2.23. The lowest BCUT2D eigenvalue weighted by molar-refractivity contribution is -0.163. The highest BCUT2D eigenvalue weighted by atomic mass is 32.2. The number of aromatic nitrogens is 2. The molecule has 1 aliphatic heterocycles. The molecular formula is C26H33N3O6S. The summed E-state index contributed by atoms with van der Waals surface area (Å²) in [6.45, 7) is 1.92. The molecule has 0 amide bonds. The highest BCUT2D eigenvalue weighted by Gasteiger charge is 2.27. The van der Waals surface area contributed by atoms with Gasteiger partial charge in [-0.3, -0.25) is 4.68 Å². The van der Waals surface area contributed by atoms with Crippen molar-refractivity contribution in [2.45, 2.75) is 50.2 Å². The van der Waals surface area contributed by atoms with Gasteiger partial charge in [-0.2, -0.15) is 9.40 Å². The third kappa shape index (κ3) is 6.85. The molecule has 3 aromatic rings. The van der Waals surface area contributed by atoms with E-state index in [1.165, 1.54) is 10.4 Å². The van der Waals surface area contributed by atoms with E-state index in [0.29, 0.717) is 31.3 Å². The first-order valence-corrected chi connectivity index (χ1v) is 13.4. The molecule has 0 N–H and O–H groups in total. The highest BCUT2D eigenvalue weighted by molar-refractivity contribution is 7.89. The number of benzene rings is 2. The number of nitrogens with zero attached hydrogens (tertiary/aromatic N) is 3. The minimum atomic E-state index is -3.88. The smallest absolute Gasteiger partial charge is 0.262 e. The number of sulfonamides is 1. The van der Waals surface area contributed by atoms with Crippen LogP contribution in [0.15, 0.2) is 65.8 Å². The third-order valence-electron chi connectivity index (χ3n) is 6.02. The molecule has 4 rings (SSSR count). The lowest BCUT2D eigenvalue weighted by atomic mass is 10.2. The third-order valence-corrected chi connectivity index (χ3v) is 7.70. The monoisotopic (exact) mass is 515 g/mol. The second-order valence-corrected chi connectivity index (χ2v) is 10.4. The summed E-state index contributed by atoms with van der Waals surface area (Å²) >= 11 is 0. The Bertz CT molecular complexity index is 1140. The molecule has 2 heterocycles. The van der Waals surface area contributed by atoms with Crippen molar-refractivity contribution in [3.05, 3.63) is 71.9 Å². The summed E-state index contributed by atoms with van der Waals surface area (Å²) in [5.74, 6) is 1.42. The largest absolute Gasteiger partial charge is 0.497 e. The van der Waals surface area contributed by atoms with E-state index in [0.717, 1.165) is 30.4 Å². The predicted molar refractivity (Wildman–Crippen MR) is 134 cm³/mol. The molecule has 1 aromatic heterocycles. The first kappa shape index (κ1) is 26.2. The normalized spacial score (nSPS) is 16.2. The van der Waals surface area contributed by atoms with E-state index in [4.69, 9.17) is 18.9 Å². The van der Waals surface area contributed by atoms with Gasteiger partial charge in [-0.25, -0.2) is 8.42 Å². The Morgan fingerprint density at radius 2 is 1.56 bits per heavy atom. The van der Waals surface area contributed by atoms with E-state index < -0.39 is 10.0 Å². The summed E-state index contributed by atoms with van der Waals surface area (Å²) in [5, 5.41) is 4.35. The van der Waals surface area contributed by atoms with Crippen molar-refractivity contribution in [3.63, 3.8) is 0 Å². The summed E-state index contributed by atoms with van der Waals surface area (Å²) in [4.78, 5) is 0. The molecule has 1 aliphatic rings. The predicted octanol–water partition coefficient (Wildman–Crippen LogP) is 3.83. The zero-order chi connectivity index (χ0) is 25.4. The molecule has 0 spiro atoms. The molecule has 36 heavy (non-hydrogen) atoms. The van der Waals surface area contributed by atoms with Crippen LogP contribution < -0.4 is 9.47 Å². The summed E-state index contributed by atoms with van der Waals surface area (Å²) in [5.41, 5.74) is 1.68. The van der Waals surface area contributed by atoms with Crippen molar-refractivity contribution in [2.75, 3.05) is 27.4 Å². The van der Waals surface area contributed by atoms with Crippen molar-refractivity contribution >= 4 is 10.0 Å². The van der Waals surface area contributed by atoms with E-state index in [1.807, 2.05) is 48.5 Å². The zero-order valence-corrected chi connectivity index (χ0v) is 21.5. The quantitative estimate of drug-likeness (QED) is 0.362.